The summed E-state index contributed by atoms with van der Waals surface area (Å²) in [4.78, 5) is 12.7. The molecule has 0 saturated heterocycles. The van der Waals surface area contributed by atoms with Gasteiger partial charge >= 0.3 is 0 Å². The van der Waals surface area contributed by atoms with E-state index >= 15 is 0 Å². The molecule has 5 nitrogen and oxygen atoms in total. The maximum atomic E-state index is 12.7. The first-order valence-electron chi connectivity index (χ1n) is 8.70. The lowest BCUT2D eigenvalue weighted by molar-refractivity contribution is -0.115. The number of benzene rings is 3. The van der Waals surface area contributed by atoms with Gasteiger partial charge in [0.25, 0.3) is 0 Å². The number of halogens is 1. The van der Waals surface area contributed by atoms with Crippen molar-refractivity contribution in [2.24, 2.45) is 0 Å². The molecule has 0 atom stereocenters. The van der Waals surface area contributed by atoms with Crippen LogP contribution in [0.15, 0.2) is 59.2 Å². The number of fused-ring (bicyclic) bond motifs is 3. The number of carbonyl (C=O) groups excluding carboxylic acids is 1. The van der Waals surface area contributed by atoms with Gasteiger partial charge in [-0.05, 0) is 16.8 Å². The highest BCUT2D eigenvalue weighted by Crippen LogP contribution is 2.36. The molecule has 0 bridgehead atoms. The molecule has 4 aromatic rings. The van der Waals surface area contributed by atoms with E-state index < -0.39 is 0 Å². The van der Waals surface area contributed by atoms with E-state index in [1.807, 2.05) is 36.4 Å². The summed E-state index contributed by atoms with van der Waals surface area (Å²) in [5, 5.41) is 6.39. The minimum Gasteiger partial charge on any atom is -0.495 e. The van der Waals surface area contributed by atoms with Gasteiger partial charge in [-0.25, -0.2) is 0 Å². The summed E-state index contributed by atoms with van der Waals surface area (Å²) in [6, 6.07) is 15.2. The topological polar surface area (TPSA) is 60.7 Å². The Morgan fingerprint density at radius 2 is 1.86 bits per heavy atom. The molecule has 6 heteroatoms. The molecule has 1 N–H and O–H groups in total. The summed E-state index contributed by atoms with van der Waals surface area (Å²) in [5.74, 6) is 0.720. The summed E-state index contributed by atoms with van der Waals surface area (Å²) < 4.78 is 16.2. The van der Waals surface area contributed by atoms with Crippen molar-refractivity contribution in [3.63, 3.8) is 0 Å². The molecule has 0 unspecified atom stereocenters. The Balaban J connectivity index is 1.66. The molecule has 0 aliphatic heterocycles. The van der Waals surface area contributed by atoms with E-state index in [2.05, 4.69) is 5.32 Å². The zero-order chi connectivity index (χ0) is 19.7. The van der Waals surface area contributed by atoms with Gasteiger partial charge < -0.3 is 19.2 Å². The highest BCUT2D eigenvalue weighted by atomic mass is 35.5. The number of nitrogens with one attached hydrogen (secondary N) is 1. The van der Waals surface area contributed by atoms with E-state index in [1.165, 1.54) is 14.2 Å². The van der Waals surface area contributed by atoms with Gasteiger partial charge in [-0.3, -0.25) is 4.79 Å². The first-order chi connectivity index (χ1) is 13.6. The largest absolute Gasteiger partial charge is 0.495 e. The van der Waals surface area contributed by atoms with Gasteiger partial charge in [0.05, 0.1) is 37.6 Å². The zero-order valence-electron chi connectivity index (χ0n) is 15.4. The summed E-state index contributed by atoms with van der Waals surface area (Å²) in [6.45, 7) is 0. The number of rotatable bonds is 5. The molecule has 0 fully saturated rings. The molecular weight excluding hydrogens is 378 g/mol. The van der Waals surface area contributed by atoms with Crippen LogP contribution in [0.25, 0.3) is 21.7 Å². The molecule has 142 valence electrons. The summed E-state index contributed by atoms with van der Waals surface area (Å²) in [6.07, 6.45) is 1.80. The van der Waals surface area contributed by atoms with Crippen molar-refractivity contribution in [1.29, 1.82) is 0 Å². The van der Waals surface area contributed by atoms with Crippen LogP contribution in [0.2, 0.25) is 5.02 Å². The first-order valence-corrected chi connectivity index (χ1v) is 9.07. The third kappa shape index (κ3) is 3.25. The molecule has 0 aliphatic rings. The fourth-order valence-electron chi connectivity index (χ4n) is 3.33. The average molecular weight is 396 g/mol. The second kappa shape index (κ2) is 7.44. The predicted octanol–water partition coefficient (Wildman–Crippen LogP) is 5.44. The molecule has 0 spiro atoms. The Bertz CT molecular complexity index is 1180. The Labute approximate surface area is 166 Å². The lowest BCUT2D eigenvalue weighted by atomic mass is 10.0. The molecule has 1 amide bonds. The molecule has 3 aromatic carbocycles. The second-order valence-corrected chi connectivity index (χ2v) is 6.74. The number of methoxy groups -OCH3 is 2. The second-order valence-electron chi connectivity index (χ2n) is 6.33. The molecule has 0 radical (unpaired) electrons. The smallest absolute Gasteiger partial charge is 0.229 e. The zero-order valence-corrected chi connectivity index (χ0v) is 16.2. The molecular formula is C22H18ClNO4. The summed E-state index contributed by atoms with van der Waals surface area (Å²) in [5.41, 5.74) is 2.07. The molecule has 1 heterocycles. The van der Waals surface area contributed by atoms with Crippen molar-refractivity contribution >= 4 is 44.9 Å². The van der Waals surface area contributed by atoms with Crippen molar-refractivity contribution in [2.75, 3.05) is 19.5 Å². The lowest BCUT2D eigenvalue weighted by Gasteiger charge is -2.13. The molecule has 0 aliphatic carbocycles. The van der Waals surface area contributed by atoms with Gasteiger partial charge in [-0.15, -0.1) is 0 Å². The Morgan fingerprint density at radius 3 is 2.64 bits per heavy atom. The number of ether oxygens (including phenoxy) is 2. The van der Waals surface area contributed by atoms with Gasteiger partial charge in [0.1, 0.15) is 17.1 Å². The van der Waals surface area contributed by atoms with E-state index in [9.17, 15) is 4.79 Å². The van der Waals surface area contributed by atoms with E-state index in [-0.39, 0.29) is 12.3 Å². The quantitative estimate of drug-likeness (QED) is 0.489. The van der Waals surface area contributed by atoms with E-state index in [0.717, 1.165) is 27.3 Å². The van der Waals surface area contributed by atoms with E-state index in [1.54, 1.807) is 18.4 Å². The maximum Gasteiger partial charge on any atom is 0.229 e. The van der Waals surface area contributed by atoms with Crippen molar-refractivity contribution in [2.45, 2.75) is 6.42 Å². The first kappa shape index (κ1) is 18.2. The van der Waals surface area contributed by atoms with Crippen LogP contribution in [-0.2, 0) is 11.2 Å². The fourth-order valence-corrected chi connectivity index (χ4v) is 3.56. The van der Waals surface area contributed by atoms with Gasteiger partial charge in [0.15, 0.2) is 0 Å². The number of amides is 1. The predicted molar refractivity (Wildman–Crippen MR) is 111 cm³/mol. The summed E-state index contributed by atoms with van der Waals surface area (Å²) >= 11 is 6.12. The van der Waals surface area contributed by atoms with E-state index in [4.69, 9.17) is 25.5 Å². The van der Waals surface area contributed by atoms with Crippen molar-refractivity contribution in [3.05, 3.63) is 65.4 Å². The minimum atomic E-state index is -0.196. The molecule has 28 heavy (non-hydrogen) atoms. The Morgan fingerprint density at radius 1 is 1.07 bits per heavy atom. The maximum absolute atomic E-state index is 12.7. The highest BCUT2D eigenvalue weighted by Gasteiger charge is 2.16. The van der Waals surface area contributed by atoms with Crippen molar-refractivity contribution < 1.29 is 18.7 Å². The van der Waals surface area contributed by atoms with Crippen LogP contribution in [-0.4, -0.2) is 20.1 Å². The minimum absolute atomic E-state index is 0.162. The van der Waals surface area contributed by atoms with Crippen LogP contribution in [0.3, 0.4) is 0 Å². The van der Waals surface area contributed by atoms with E-state index in [0.29, 0.717) is 22.2 Å². The Hall–Kier alpha value is -3.18. The van der Waals surface area contributed by atoms with Gasteiger partial charge in [0.2, 0.25) is 5.91 Å². The standard InChI is InChI=1S/C22H18ClNO4/c1-26-19-11-17(20(27-2)10-16(19)23)24-21(25)9-14-12-28-18-8-7-13-5-3-4-6-15(13)22(14)18/h3-8,10-12H,9H2,1-2H3,(H,24,25). The van der Waals surface area contributed by atoms with Crippen LogP contribution >= 0.6 is 11.6 Å². The van der Waals surface area contributed by atoms with Crippen LogP contribution in [0.5, 0.6) is 11.5 Å². The highest BCUT2D eigenvalue weighted by molar-refractivity contribution is 6.32. The number of anilines is 1. The SMILES string of the molecule is COc1cc(NC(=O)Cc2coc3ccc4ccccc4c23)c(OC)cc1Cl. The number of carbonyl (C=O) groups is 1. The normalized spacial score (nSPS) is 11.0. The van der Waals surface area contributed by atoms with Crippen LogP contribution < -0.4 is 14.8 Å². The van der Waals surface area contributed by atoms with Crippen molar-refractivity contribution in [3.8, 4) is 11.5 Å². The third-order valence-corrected chi connectivity index (χ3v) is 4.93. The van der Waals surface area contributed by atoms with Crippen LogP contribution in [0.4, 0.5) is 5.69 Å². The third-order valence-electron chi connectivity index (χ3n) is 4.64. The summed E-state index contributed by atoms with van der Waals surface area (Å²) in [7, 11) is 3.03. The number of hydrogen-bond acceptors (Lipinski definition) is 4. The fraction of sp³-hybridized carbons (Fsp3) is 0.136. The molecule has 1 aromatic heterocycles. The van der Waals surface area contributed by atoms with Gasteiger partial charge in [-0.2, -0.15) is 0 Å². The Kier molecular flexibility index (Phi) is 4.84. The number of hydrogen-bond donors (Lipinski definition) is 1. The van der Waals surface area contributed by atoms with Crippen LogP contribution in [0, 0.1) is 0 Å². The average Bonchev–Trinajstić information content (AvgIpc) is 3.12. The van der Waals surface area contributed by atoms with Gasteiger partial charge in [0, 0.05) is 23.1 Å². The van der Waals surface area contributed by atoms with Gasteiger partial charge in [-0.1, -0.05) is 41.9 Å². The monoisotopic (exact) mass is 395 g/mol. The number of furan rings is 1. The van der Waals surface area contributed by atoms with Crippen LogP contribution in [0.1, 0.15) is 5.56 Å². The van der Waals surface area contributed by atoms with Crippen molar-refractivity contribution in [1.82, 2.24) is 0 Å². The molecule has 0 saturated carbocycles. The lowest BCUT2D eigenvalue weighted by Crippen LogP contribution is -2.15. The molecule has 4 rings (SSSR count).